The zero-order valence-corrected chi connectivity index (χ0v) is 11.0. The molecule has 19 heavy (non-hydrogen) atoms. The highest BCUT2D eigenvalue weighted by Gasteiger charge is 2.46. The molecule has 0 bridgehead atoms. The minimum absolute atomic E-state index is 0.108. The maximum Gasteiger partial charge on any atom is 0.119 e. The molecule has 3 rings (SSSR count). The summed E-state index contributed by atoms with van der Waals surface area (Å²) >= 11 is 0. The minimum atomic E-state index is -0.108. The van der Waals surface area contributed by atoms with Crippen molar-refractivity contribution in [3.63, 3.8) is 0 Å². The average molecular weight is 258 g/mol. The van der Waals surface area contributed by atoms with Gasteiger partial charge >= 0.3 is 0 Å². The highest BCUT2D eigenvalue weighted by Crippen LogP contribution is 2.46. The molecule has 0 atom stereocenters. The number of nitrogens with zero attached hydrogens (tertiary/aromatic N) is 1. The minimum Gasteiger partial charge on any atom is -0.494 e. The third-order valence-electron chi connectivity index (χ3n) is 3.71. The Morgan fingerprint density at radius 2 is 2.05 bits per heavy atom. The van der Waals surface area contributed by atoms with Gasteiger partial charge in [-0.15, -0.1) is 0 Å². The summed E-state index contributed by atoms with van der Waals surface area (Å²) < 4.78 is 5.42. The van der Waals surface area contributed by atoms with Crippen LogP contribution in [0.15, 0.2) is 30.5 Å². The Morgan fingerprint density at radius 1 is 1.32 bits per heavy atom. The molecule has 1 fully saturated rings. The second kappa shape index (κ2) is 4.70. The fourth-order valence-corrected chi connectivity index (χ4v) is 2.26. The molecule has 1 aliphatic rings. The highest BCUT2D eigenvalue weighted by molar-refractivity contribution is 5.59. The number of benzene rings is 1. The van der Waals surface area contributed by atoms with E-state index in [0.29, 0.717) is 6.61 Å². The van der Waals surface area contributed by atoms with E-state index in [4.69, 9.17) is 4.74 Å². The van der Waals surface area contributed by atoms with Crippen molar-refractivity contribution < 1.29 is 9.84 Å². The van der Waals surface area contributed by atoms with E-state index in [0.717, 1.165) is 35.7 Å². The van der Waals surface area contributed by atoms with Crippen LogP contribution < -0.4 is 4.74 Å². The molecule has 1 aromatic heterocycles. The summed E-state index contributed by atoms with van der Waals surface area (Å²) in [5.41, 5.74) is 1.96. The fraction of sp³-hybridized carbons (Fsp3) is 0.400. The number of H-pyrrole nitrogens is 1. The smallest absolute Gasteiger partial charge is 0.119 e. The quantitative estimate of drug-likeness (QED) is 0.866. The van der Waals surface area contributed by atoms with E-state index in [1.165, 1.54) is 0 Å². The van der Waals surface area contributed by atoms with Crippen molar-refractivity contribution in [1.29, 1.82) is 0 Å². The number of rotatable bonds is 5. The molecule has 0 spiro atoms. The number of hydrogen-bond donors (Lipinski definition) is 2. The van der Waals surface area contributed by atoms with Gasteiger partial charge in [0.05, 0.1) is 30.5 Å². The zero-order valence-electron chi connectivity index (χ0n) is 11.0. The van der Waals surface area contributed by atoms with Gasteiger partial charge in [-0.1, -0.05) is 0 Å². The van der Waals surface area contributed by atoms with E-state index in [1.54, 1.807) is 0 Å². The van der Waals surface area contributed by atoms with Gasteiger partial charge in [0.1, 0.15) is 11.6 Å². The van der Waals surface area contributed by atoms with Crippen molar-refractivity contribution in [3.8, 4) is 17.0 Å². The van der Waals surface area contributed by atoms with Crippen LogP contribution >= 0.6 is 0 Å². The van der Waals surface area contributed by atoms with Gasteiger partial charge in [0, 0.05) is 0 Å². The molecular formula is C15H18N2O2. The number of ether oxygens (including phenoxy) is 1. The van der Waals surface area contributed by atoms with Gasteiger partial charge in [0.2, 0.25) is 0 Å². The average Bonchev–Trinajstić information content (AvgIpc) is 3.09. The third kappa shape index (κ3) is 2.24. The lowest BCUT2D eigenvalue weighted by atomic mass is 10.1. The van der Waals surface area contributed by atoms with E-state index >= 15 is 0 Å². The van der Waals surface area contributed by atoms with Crippen LogP contribution in [0.5, 0.6) is 5.75 Å². The number of hydrogen-bond acceptors (Lipinski definition) is 3. The molecule has 0 unspecified atom stereocenters. The van der Waals surface area contributed by atoms with E-state index in [2.05, 4.69) is 9.97 Å². The van der Waals surface area contributed by atoms with Crippen LogP contribution in [0.2, 0.25) is 0 Å². The Labute approximate surface area is 112 Å². The summed E-state index contributed by atoms with van der Waals surface area (Å²) in [7, 11) is 0. The summed E-state index contributed by atoms with van der Waals surface area (Å²) in [6.07, 6.45) is 3.86. The highest BCUT2D eigenvalue weighted by atomic mass is 16.5. The lowest BCUT2D eigenvalue weighted by Crippen LogP contribution is -2.13. The maximum atomic E-state index is 9.41. The predicted molar refractivity (Wildman–Crippen MR) is 73.2 cm³/mol. The van der Waals surface area contributed by atoms with Crippen LogP contribution in [0.4, 0.5) is 0 Å². The number of aromatic nitrogens is 2. The van der Waals surface area contributed by atoms with Crippen molar-refractivity contribution in [2.75, 3.05) is 13.2 Å². The van der Waals surface area contributed by atoms with Gasteiger partial charge in [-0.2, -0.15) is 0 Å². The van der Waals surface area contributed by atoms with Crippen LogP contribution in [0.3, 0.4) is 0 Å². The molecule has 2 N–H and O–H groups in total. The van der Waals surface area contributed by atoms with E-state index in [-0.39, 0.29) is 12.0 Å². The summed E-state index contributed by atoms with van der Waals surface area (Å²) in [5.74, 6) is 1.78. The SMILES string of the molecule is CCOc1ccc(-c2cnc(C3(CO)CC3)[nH]2)cc1. The molecule has 1 aliphatic carbocycles. The Balaban J connectivity index is 1.82. The van der Waals surface area contributed by atoms with Gasteiger partial charge in [-0.3, -0.25) is 0 Å². The van der Waals surface area contributed by atoms with Crippen LogP contribution in [0.1, 0.15) is 25.6 Å². The molecule has 2 aromatic rings. The third-order valence-corrected chi connectivity index (χ3v) is 3.71. The Hall–Kier alpha value is -1.81. The van der Waals surface area contributed by atoms with Crippen molar-refractivity contribution in [1.82, 2.24) is 9.97 Å². The van der Waals surface area contributed by atoms with E-state index in [9.17, 15) is 5.11 Å². The normalized spacial score (nSPS) is 16.3. The Kier molecular flexibility index (Phi) is 3.03. The number of aliphatic hydroxyl groups excluding tert-OH is 1. The first-order valence-corrected chi connectivity index (χ1v) is 6.67. The van der Waals surface area contributed by atoms with Crippen molar-refractivity contribution in [2.24, 2.45) is 0 Å². The number of imidazole rings is 1. The molecule has 0 saturated heterocycles. The molecule has 0 aliphatic heterocycles. The molecule has 0 amide bonds. The van der Waals surface area contributed by atoms with Crippen LogP contribution in [0.25, 0.3) is 11.3 Å². The first kappa shape index (κ1) is 12.2. The van der Waals surface area contributed by atoms with Crippen LogP contribution in [-0.2, 0) is 5.41 Å². The fourth-order valence-electron chi connectivity index (χ4n) is 2.26. The molecule has 1 heterocycles. The van der Waals surface area contributed by atoms with Crippen LogP contribution in [-0.4, -0.2) is 28.3 Å². The van der Waals surface area contributed by atoms with E-state index in [1.807, 2.05) is 37.4 Å². The molecule has 0 radical (unpaired) electrons. The van der Waals surface area contributed by atoms with Crippen molar-refractivity contribution in [2.45, 2.75) is 25.2 Å². The summed E-state index contributed by atoms with van der Waals surface area (Å²) in [5, 5.41) is 9.41. The van der Waals surface area contributed by atoms with Gasteiger partial charge in [-0.25, -0.2) is 4.98 Å². The Morgan fingerprint density at radius 3 is 2.63 bits per heavy atom. The van der Waals surface area contributed by atoms with E-state index < -0.39 is 0 Å². The summed E-state index contributed by atoms with van der Waals surface area (Å²) in [6, 6.07) is 7.94. The number of aromatic amines is 1. The molecule has 4 nitrogen and oxygen atoms in total. The predicted octanol–water partition coefficient (Wildman–Crippen LogP) is 2.50. The zero-order chi connectivity index (χ0) is 13.3. The second-order valence-electron chi connectivity index (χ2n) is 5.04. The lowest BCUT2D eigenvalue weighted by molar-refractivity contribution is 0.250. The van der Waals surface area contributed by atoms with Crippen LogP contribution in [0, 0.1) is 0 Å². The molecule has 4 heteroatoms. The standard InChI is InChI=1S/C15H18N2O2/c1-2-19-12-5-3-11(4-6-12)13-9-16-14(17-13)15(10-18)7-8-15/h3-6,9,18H,2,7-8,10H2,1H3,(H,16,17). The van der Waals surface area contributed by atoms with Gasteiger partial charge in [0.15, 0.2) is 0 Å². The molecule has 1 aromatic carbocycles. The van der Waals surface area contributed by atoms with Crippen molar-refractivity contribution >= 4 is 0 Å². The monoisotopic (exact) mass is 258 g/mol. The molecular weight excluding hydrogens is 240 g/mol. The van der Waals surface area contributed by atoms with Crippen molar-refractivity contribution in [3.05, 3.63) is 36.3 Å². The molecule has 1 saturated carbocycles. The topological polar surface area (TPSA) is 58.1 Å². The number of nitrogens with one attached hydrogen (secondary N) is 1. The first-order chi connectivity index (χ1) is 9.27. The second-order valence-corrected chi connectivity index (χ2v) is 5.04. The summed E-state index contributed by atoms with van der Waals surface area (Å²) in [4.78, 5) is 7.73. The van der Waals surface area contributed by atoms with Gasteiger partial charge < -0.3 is 14.8 Å². The maximum absolute atomic E-state index is 9.41. The lowest BCUT2D eigenvalue weighted by Gasteiger charge is -2.07. The summed E-state index contributed by atoms with van der Waals surface area (Å²) in [6.45, 7) is 2.81. The van der Waals surface area contributed by atoms with Gasteiger partial charge in [0.25, 0.3) is 0 Å². The Bertz CT molecular complexity index is 556. The first-order valence-electron chi connectivity index (χ1n) is 6.67. The van der Waals surface area contributed by atoms with Gasteiger partial charge in [-0.05, 0) is 49.6 Å². The number of aliphatic hydroxyl groups is 1. The largest absolute Gasteiger partial charge is 0.494 e. The molecule has 100 valence electrons.